The Morgan fingerprint density at radius 3 is 2.64 bits per heavy atom. The van der Waals surface area contributed by atoms with Gasteiger partial charge in [-0.2, -0.15) is 0 Å². The highest BCUT2D eigenvalue weighted by atomic mass is 79.9. The van der Waals surface area contributed by atoms with Gasteiger partial charge in [-0.25, -0.2) is 14.6 Å². The molecule has 0 bridgehead atoms. The number of hydrogen-bond acceptors (Lipinski definition) is 9. The van der Waals surface area contributed by atoms with E-state index in [1.165, 1.54) is 4.90 Å². The molecule has 2 aromatic rings. The maximum Gasteiger partial charge on any atom is 0.417 e. The number of esters is 1. The summed E-state index contributed by atoms with van der Waals surface area (Å²) >= 11 is 4.44. The molecule has 2 heterocycles. The van der Waals surface area contributed by atoms with Gasteiger partial charge in [0.15, 0.2) is 5.01 Å². The van der Waals surface area contributed by atoms with Crippen molar-refractivity contribution in [2.75, 3.05) is 38.9 Å². The lowest BCUT2D eigenvalue weighted by atomic mass is 10.2. The van der Waals surface area contributed by atoms with Gasteiger partial charge in [-0.3, -0.25) is 9.36 Å². The molecule has 1 aromatic carbocycles. The van der Waals surface area contributed by atoms with Crippen LogP contribution in [0.3, 0.4) is 0 Å². The van der Waals surface area contributed by atoms with E-state index in [0.29, 0.717) is 42.1 Å². The second-order valence-corrected chi connectivity index (χ2v) is 12.2. The first kappa shape index (κ1) is 28.4. The van der Waals surface area contributed by atoms with Crippen molar-refractivity contribution >= 4 is 52.8 Å². The van der Waals surface area contributed by atoms with E-state index >= 15 is 0 Å². The van der Waals surface area contributed by atoms with Crippen molar-refractivity contribution in [2.45, 2.75) is 25.8 Å². The Morgan fingerprint density at radius 1 is 1.28 bits per heavy atom. The van der Waals surface area contributed by atoms with Crippen LogP contribution in [0.2, 0.25) is 0 Å². The van der Waals surface area contributed by atoms with Crippen molar-refractivity contribution in [3.05, 3.63) is 39.1 Å². The molecule has 2 amide bonds. The highest BCUT2D eigenvalue weighted by Gasteiger charge is 2.35. The monoisotopic (exact) mass is 602 g/mol. The number of aromatic nitrogens is 1. The third-order valence-corrected chi connectivity index (χ3v) is 8.30. The van der Waals surface area contributed by atoms with E-state index in [1.54, 1.807) is 0 Å². The highest BCUT2D eigenvalue weighted by molar-refractivity contribution is 9.11. The molecule has 2 unspecified atom stereocenters. The summed E-state index contributed by atoms with van der Waals surface area (Å²) < 4.78 is 23.2. The second-order valence-electron chi connectivity index (χ2n) is 7.96. The number of halogens is 1. The van der Waals surface area contributed by atoms with Crippen LogP contribution < -0.4 is 10.6 Å². The van der Waals surface area contributed by atoms with E-state index in [0.717, 1.165) is 23.3 Å². The Kier molecular flexibility index (Phi) is 10.6. The number of nitrogens with one attached hydrogen (secondary N) is 2. The number of piperazine rings is 1. The zero-order valence-corrected chi connectivity index (χ0v) is 22.9. The minimum Gasteiger partial charge on any atom is -0.375 e. The van der Waals surface area contributed by atoms with Gasteiger partial charge in [0.25, 0.3) is 5.91 Å². The fourth-order valence-electron chi connectivity index (χ4n) is 3.28. The van der Waals surface area contributed by atoms with Crippen molar-refractivity contribution in [3.63, 3.8) is 0 Å². The first-order chi connectivity index (χ1) is 17.2. The SMILES string of the molecule is CCCCOP(=O)(O)CC(NC(=O)c1nc(-c2ccccc2)c(Br)s1)C(=O)OC(=O)N1CCNCC1. The van der Waals surface area contributed by atoms with Crippen molar-refractivity contribution in [1.29, 1.82) is 0 Å². The molecular formula is C22H28BrN4O7PS. The number of thiazole rings is 1. The molecule has 11 nitrogen and oxygen atoms in total. The van der Waals surface area contributed by atoms with Gasteiger partial charge in [-0.1, -0.05) is 43.7 Å². The molecule has 1 aliphatic rings. The smallest absolute Gasteiger partial charge is 0.375 e. The number of carbonyl (C=O) groups excluding carboxylic acids is 3. The molecular weight excluding hydrogens is 575 g/mol. The summed E-state index contributed by atoms with van der Waals surface area (Å²) in [6.45, 7) is 3.68. The summed E-state index contributed by atoms with van der Waals surface area (Å²) in [6.07, 6.45) is -0.356. The maximum absolute atomic E-state index is 13.0. The average molecular weight is 603 g/mol. The second kappa shape index (κ2) is 13.4. The maximum atomic E-state index is 13.0. The highest BCUT2D eigenvalue weighted by Crippen LogP contribution is 2.43. The van der Waals surface area contributed by atoms with Crippen molar-refractivity contribution in [2.24, 2.45) is 0 Å². The lowest BCUT2D eigenvalue weighted by molar-refractivity contribution is -0.140. The van der Waals surface area contributed by atoms with E-state index in [1.807, 2.05) is 37.3 Å². The van der Waals surface area contributed by atoms with E-state index in [2.05, 4.69) is 31.5 Å². The first-order valence-electron chi connectivity index (χ1n) is 11.4. The molecule has 1 fully saturated rings. The van der Waals surface area contributed by atoms with Crippen molar-refractivity contribution in [3.8, 4) is 11.3 Å². The summed E-state index contributed by atoms with van der Waals surface area (Å²) in [5, 5.41) is 5.49. The summed E-state index contributed by atoms with van der Waals surface area (Å²) in [6, 6.07) is 7.58. The minimum absolute atomic E-state index is 0.0135. The van der Waals surface area contributed by atoms with Gasteiger partial charge in [-0.05, 0) is 22.4 Å². The Balaban J connectivity index is 1.76. The predicted molar refractivity (Wildman–Crippen MR) is 138 cm³/mol. The van der Waals surface area contributed by atoms with Gasteiger partial charge in [-0.15, -0.1) is 11.3 Å². The lowest BCUT2D eigenvalue weighted by Crippen LogP contribution is -2.50. The Morgan fingerprint density at radius 2 is 1.97 bits per heavy atom. The number of ether oxygens (including phenoxy) is 1. The predicted octanol–water partition coefficient (Wildman–Crippen LogP) is 3.24. The summed E-state index contributed by atoms with van der Waals surface area (Å²) in [4.78, 5) is 54.2. The van der Waals surface area contributed by atoms with Crippen LogP contribution in [0.25, 0.3) is 11.3 Å². The summed E-state index contributed by atoms with van der Waals surface area (Å²) in [5.74, 6) is -1.91. The quantitative estimate of drug-likeness (QED) is 0.161. The van der Waals surface area contributed by atoms with Gasteiger partial charge < -0.3 is 29.7 Å². The van der Waals surface area contributed by atoms with E-state index in [-0.39, 0.29) is 11.6 Å². The largest absolute Gasteiger partial charge is 0.417 e. The van der Waals surface area contributed by atoms with Gasteiger partial charge in [0, 0.05) is 31.7 Å². The van der Waals surface area contributed by atoms with Crippen LogP contribution in [-0.4, -0.2) is 77.7 Å². The molecule has 3 N–H and O–H groups in total. The van der Waals surface area contributed by atoms with Crippen LogP contribution in [-0.2, 0) is 18.6 Å². The molecule has 14 heteroatoms. The average Bonchev–Trinajstić information content (AvgIpc) is 3.26. The standard InChI is InChI=1S/C22H28BrN4O7PS/c1-2-3-13-33-35(31,32)14-16(21(29)34-22(30)27-11-9-24-10-12-27)25-19(28)20-26-17(18(23)36-20)15-7-5-4-6-8-15/h4-8,16,24H,2-3,9-14H2,1H3,(H,25,28)(H,31,32). The van der Waals surface area contributed by atoms with Crippen LogP contribution in [0.15, 0.2) is 34.1 Å². The van der Waals surface area contributed by atoms with Crippen LogP contribution in [0.4, 0.5) is 4.79 Å². The van der Waals surface area contributed by atoms with Gasteiger partial charge in [0.2, 0.25) is 0 Å². The molecule has 0 radical (unpaired) electrons. The topological polar surface area (TPSA) is 147 Å². The van der Waals surface area contributed by atoms with Crippen molar-refractivity contribution < 1.29 is 33.1 Å². The fourth-order valence-corrected chi connectivity index (χ4v) is 5.99. The lowest BCUT2D eigenvalue weighted by Gasteiger charge is -2.27. The fraction of sp³-hybridized carbons (Fsp3) is 0.455. The third-order valence-electron chi connectivity index (χ3n) is 5.18. The van der Waals surface area contributed by atoms with Crippen molar-refractivity contribution in [1.82, 2.24) is 20.5 Å². The molecule has 1 saturated heterocycles. The summed E-state index contributed by atoms with van der Waals surface area (Å²) in [7, 11) is -4.28. The number of nitrogens with zero attached hydrogens (tertiary/aromatic N) is 2. The van der Waals surface area contributed by atoms with E-state index < -0.39 is 37.8 Å². The van der Waals surface area contributed by atoms with E-state index in [4.69, 9.17) is 9.26 Å². The number of carbonyl (C=O) groups is 3. The summed E-state index contributed by atoms with van der Waals surface area (Å²) in [5.41, 5.74) is 1.32. The Labute approximate surface area is 221 Å². The zero-order valence-electron chi connectivity index (χ0n) is 19.6. The third kappa shape index (κ3) is 8.19. The number of unbranched alkanes of at least 4 members (excludes halogenated alkanes) is 1. The van der Waals surface area contributed by atoms with Crippen LogP contribution >= 0.6 is 34.9 Å². The Bertz CT molecular complexity index is 1110. The molecule has 196 valence electrons. The molecule has 1 aromatic heterocycles. The molecule has 3 rings (SSSR count). The minimum atomic E-state index is -4.28. The zero-order chi connectivity index (χ0) is 26.1. The van der Waals surface area contributed by atoms with E-state index in [9.17, 15) is 23.8 Å². The van der Waals surface area contributed by atoms with Gasteiger partial charge in [0.05, 0.1) is 22.2 Å². The first-order valence-corrected chi connectivity index (χ1v) is 14.8. The molecule has 2 atom stereocenters. The van der Waals surface area contributed by atoms with Gasteiger partial charge in [0.1, 0.15) is 6.04 Å². The van der Waals surface area contributed by atoms with Crippen LogP contribution in [0.5, 0.6) is 0 Å². The number of hydrogen-bond donors (Lipinski definition) is 3. The molecule has 0 spiro atoms. The number of amides is 2. The molecule has 0 aliphatic carbocycles. The van der Waals surface area contributed by atoms with Gasteiger partial charge >= 0.3 is 19.7 Å². The number of benzene rings is 1. The normalized spacial score (nSPS) is 16.1. The van der Waals surface area contributed by atoms with Crippen LogP contribution in [0, 0.1) is 0 Å². The Hall–Kier alpha value is -2.15. The molecule has 1 aliphatic heterocycles. The molecule has 0 saturated carbocycles. The van der Waals surface area contributed by atoms with Crippen LogP contribution in [0.1, 0.15) is 29.6 Å². The number of rotatable bonds is 10. The molecule has 36 heavy (non-hydrogen) atoms.